The Labute approximate surface area is 200 Å². The van der Waals surface area contributed by atoms with Crippen molar-refractivity contribution >= 4 is 23.2 Å². The van der Waals surface area contributed by atoms with Crippen LogP contribution in [0.15, 0.2) is 109 Å². The van der Waals surface area contributed by atoms with Gasteiger partial charge in [-0.1, -0.05) is 103 Å². The number of amides is 1. The van der Waals surface area contributed by atoms with Crippen LogP contribution in [0.2, 0.25) is 5.02 Å². The van der Waals surface area contributed by atoms with Crippen molar-refractivity contribution in [2.24, 2.45) is 0 Å². The van der Waals surface area contributed by atoms with Crippen LogP contribution in [-0.2, 0) is 17.8 Å². The second kappa shape index (κ2) is 10.8. The highest BCUT2D eigenvalue weighted by atomic mass is 35.5. The number of hydrogen-bond donors (Lipinski definition) is 0. The first-order valence-electron chi connectivity index (χ1n) is 10.9. The summed E-state index contributed by atoms with van der Waals surface area (Å²) in [5.41, 5.74) is 3.67. The van der Waals surface area contributed by atoms with Crippen molar-refractivity contribution in [2.75, 3.05) is 12.0 Å². The molecule has 4 heteroatoms. The summed E-state index contributed by atoms with van der Waals surface area (Å²) in [7, 11) is 1.64. The maximum atomic E-state index is 14.3. The first-order valence-corrected chi connectivity index (χ1v) is 11.3. The molecule has 4 aromatic rings. The van der Waals surface area contributed by atoms with Gasteiger partial charge in [0.05, 0.1) is 30.3 Å². The highest BCUT2D eigenvalue weighted by Crippen LogP contribution is 2.35. The predicted molar refractivity (Wildman–Crippen MR) is 135 cm³/mol. The molecule has 0 bridgehead atoms. The topological polar surface area (TPSA) is 29.5 Å². The number of carbonyl (C=O) groups excluding carboxylic acids is 1. The van der Waals surface area contributed by atoms with Gasteiger partial charge in [0.15, 0.2) is 0 Å². The highest BCUT2D eigenvalue weighted by Gasteiger charge is 2.30. The van der Waals surface area contributed by atoms with Gasteiger partial charge < -0.3 is 9.64 Å². The van der Waals surface area contributed by atoms with Gasteiger partial charge in [0.25, 0.3) is 0 Å². The molecule has 1 unspecified atom stereocenters. The van der Waals surface area contributed by atoms with Crippen LogP contribution in [0.1, 0.15) is 22.6 Å². The molecule has 1 atom stereocenters. The SMILES string of the molecule is COc1ccccc1C(Cc1ccccc1)C(=O)N(Cc1ccccc1)c1ccccc1Cl. The zero-order chi connectivity index (χ0) is 23.0. The molecule has 0 saturated heterocycles. The summed E-state index contributed by atoms with van der Waals surface area (Å²) >= 11 is 6.58. The summed E-state index contributed by atoms with van der Waals surface area (Å²) in [5, 5.41) is 0.542. The van der Waals surface area contributed by atoms with E-state index in [0.717, 1.165) is 16.7 Å². The third-order valence-corrected chi connectivity index (χ3v) is 6.01. The molecule has 4 rings (SSSR count). The molecule has 0 aliphatic heterocycles. The Hall–Kier alpha value is -3.56. The summed E-state index contributed by atoms with van der Waals surface area (Å²) in [6.07, 6.45) is 0.551. The Balaban J connectivity index is 1.80. The lowest BCUT2D eigenvalue weighted by Crippen LogP contribution is -2.36. The largest absolute Gasteiger partial charge is 0.496 e. The number of nitrogens with zero attached hydrogens (tertiary/aromatic N) is 1. The van der Waals surface area contributed by atoms with Gasteiger partial charge in [-0.15, -0.1) is 0 Å². The molecule has 0 aliphatic carbocycles. The summed E-state index contributed by atoms with van der Waals surface area (Å²) < 4.78 is 5.64. The van der Waals surface area contributed by atoms with E-state index < -0.39 is 5.92 Å². The lowest BCUT2D eigenvalue weighted by Gasteiger charge is -2.29. The van der Waals surface area contributed by atoms with Gasteiger partial charge in [-0.2, -0.15) is 0 Å². The minimum atomic E-state index is -0.441. The van der Waals surface area contributed by atoms with Crippen LogP contribution in [0.4, 0.5) is 5.69 Å². The van der Waals surface area contributed by atoms with Crippen molar-refractivity contribution < 1.29 is 9.53 Å². The van der Waals surface area contributed by atoms with Crippen LogP contribution < -0.4 is 9.64 Å². The van der Waals surface area contributed by atoms with Crippen molar-refractivity contribution in [2.45, 2.75) is 18.9 Å². The highest BCUT2D eigenvalue weighted by molar-refractivity contribution is 6.33. The van der Waals surface area contributed by atoms with Gasteiger partial charge in [0.2, 0.25) is 5.91 Å². The molecular formula is C29H26ClNO2. The van der Waals surface area contributed by atoms with Gasteiger partial charge in [0, 0.05) is 5.56 Å². The summed E-state index contributed by atoms with van der Waals surface area (Å²) in [6, 6.07) is 35.3. The van der Waals surface area contributed by atoms with E-state index in [1.165, 1.54) is 0 Å². The molecule has 0 radical (unpaired) electrons. The maximum absolute atomic E-state index is 14.3. The number of ether oxygens (including phenoxy) is 1. The number of halogens is 1. The van der Waals surface area contributed by atoms with Crippen LogP contribution in [0.5, 0.6) is 5.75 Å². The summed E-state index contributed by atoms with van der Waals surface area (Å²) in [6.45, 7) is 0.420. The molecule has 0 aliphatic rings. The van der Waals surface area contributed by atoms with Crippen LogP contribution in [0.25, 0.3) is 0 Å². The zero-order valence-corrected chi connectivity index (χ0v) is 19.3. The Bertz CT molecular complexity index is 1190. The number of benzene rings is 4. The van der Waals surface area contributed by atoms with Crippen LogP contribution in [0, 0.1) is 0 Å². The number of anilines is 1. The molecule has 0 aromatic heterocycles. The smallest absolute Gasteiger partial charge is 0.235 e. The number of carbonyl (C=O) groups is 1. The molecule has 0 fully saturated rings. The zero-order valence-electron chi connectivity index (χ0n) is 18.5. The van der Waals surface area contributed by atoms with E-state index in [2.05, 4.69) is 0 Å². The quantitative estimate of drug-likeness (QED) is 0.289. The Morgan fingerprint density at radius 1 is 0.788 bits per heavy atom. The Kier molecular flexibility index (Phi) is 7.43. The van der Waals surface area contributed by atoms with Gasteiger partial charge >= 0.3 is 0 Å². The number of para-hydroxylation sites is 2. The fraction of sp³-hybridized carbons (Fsp3) is 0.138. The molecule has 33 heavy (non-hydrogen) atoms. The second-order valence-electron chi connectivity index (χ2n) is 7.85. The van der Waals surface area contributed by atoms with E-state index in [9.17, 15) is 4.79 Å². The fourth-order valence-electron chi connectivity index (χ4n) is 4.04. The molecule has 166 valence electrons. The molecule has 3 nitrogen and oxygen atoms in total. The van der Waals surface area contributed by atoms with Crippen molar-refractivity contribution in [3.05, 3.63) is 131 Å². The van der Waals surface area contributed by atoms with Gasteiger partial charge in [-0.3, -0.25) is 4.79 Å². The normalized spacial score (nSPS) is 11.6. The molecule has 0 spiro atoms. The molecule has 1 amide bonds. The average molecular weight is 456 g/mol. The van der Waals surface area contributed by atoms with Crippen molar-refractivity contribution in [1.29, 1.82) is 0 Å². The van der Waals surface area contributed by atoms with E-state index in [-0.39, 0.29) is 5.91 Å². The lowest BCUT2D eigenvalue weighted by molar-refractivity contribution is -0.120. The van der Waals surface area contributed by atoms with Crippen LogP contribution in [-0.4, -0.2) is 13.0 Å². The third kappa shape index (κ3) is 5.44. The fourth-order valence-corrected chi connectivity index (χ4v) is 4.28. The maximum Gasteiger partial charge on any atom is 0.235 e. The van der Waals surface area contributed by atoms with Crippen LogP contribution in [0.3, 0.4) is 0 Å². The monoisotopic (exact) mass is 455 g/mol. The number of methoxy groups -OCH3 is 1. The van der Waals surface area contributed by atoms with E-state index >= 15 is 0 Å². The van der Waals surface area contributed by atoms with E-state index in [1.807, 2.05) is 109 Å². The molecule has 0 saturated carbocycles. The molecule has 4 aromatic carbocycles. The predicted octanol–water partition coefficient (Wildman–Crippen LogP) is 6.91. The minimum absolute atomic E-state index is 0.0275. The first kappa shape index (κ1) is 22.6. The van der Waals surface area contributed by atoms with E-state index in [1.54, 1.807) is 12.0 Å². The van der Waals surface area contributed by atoms with Crippen LogP contribution >= 0.6 is 11.6 Å². The van der Waals surface area contributed by atoms with Gasteiger partial charge in [-0.25, -0.2) is 0 Å². The first-order chi connectivity index (χ1) is 16.2. The van der Waals surface area contributed by atoms with Crippen molar-refractivity contribution in [3.8, 4) is 5.75 Å². The average Bonchev–Trinajstić information content (AvgIpc) is 2.87. The van der Waals surface area contributed by atoms with E-state index in [0.29, 0.717) is 29.4 Å². The number of hydrogen-bond acceptors (Lipinski definition) is 2. The number of rotatable bonds is 8. The standard InChI is InChI=1S/C29H26ClNO2/c1-33-28-19-11-8-16-24(28)25(20-22-12-4-2-5-13-22)29(32)31(21-23-14-6-3-7-15-23)27-18-10-9-17-26(27)30/h2-19,25H,20-21H2,1H3. The molecular weight excluding hydrogens is 430 g/mol. The van der Waals surface area contributed by atoms with Crippen molar-refractivity contribution in [1.82, 2.24) is 0 Å². The Morgan fingerprint density at radius 2 is 1.36 bits per heavy atom. The summed E-state index contributed by atoms with van der Waals surface area (Å²) in [5.74, 6) is 0.231. The van der Waals surface area contributed by atoms with E-state index in [4.69, 9.17) is 16.3 Å². The van der Waals surface area contributed by atoms with Gasteiger partial charge in [-0.05, 0) is 35.7 Å². The summed E-state index contributed by atoms with van der Waals surface area (Å²) in [4.78, 5) is 16.1. The van der Waals surface area contributed by atoms with Crippen molar-refractivity contribution in [3.63, 3.8) is 0 Å². The van der Waals surface area contributed by atoms with Gasteiger partial charge in [0.1, 0.15) is 5.75 Å². The second-order valence-corrected chi connectivity index (χ2v) is 8.25. The lowest BCUT2D eigenvalue weighted by atomic mass is 9.89. The molecule has 0 heterocycles. The third-order valence-electron chi connectivity index (χ3n) is 5.69. The Morgan fingerprint density at radius 3 is 2.03 bits per heavy atom. The molecule has 0 N–H and O–H groups in total. The minimum Gasteiger partial charge on any atom is -0.496 e.